The van der Waals surface area contributed by atoms with Crippen molar-refractivity contribution in [1.82, 2.24) is 10.6 Å². The number of esters is 1. The van der Waals surface area contributed by atoms with Crippen LogP contribution >= 0.6 is 0 Å². The molecule has 0 aromatic rings. The molecule has 0 heterocycles. The van der Waals surface area contributed by atoms with Gasteiger partial charge in [0, 0.05) is 6.92 Å². The van der Waals surface area contributed by atoms with Crippen molar-refractivity contribution >= 4 is 17.8 Å². The predicted molar refractivity (Wildman–Crippen MR) is 71.3 cm³/mol. The minimum absolute atomic E-state index is 0.0975. The highest BCUT2D eigenvalue weighted by molar-refractivity contribution is 5.90. The minimum atomic E-state index is -0.717. The second-order valence-electron chi connectivity index (χ2n) is 5.14. The SMILES string of the molecule is CC(=O)N[C@@H](C)C(=O)N[C@H](C(=O)OC(C)C)C(C)C. The van der Waals surface area contributed by atoms with E-state index in [4.69, 9.17) is 4.74 Å². The van der Waals surface area contributed by atoms with E-state index < -0.39 is 24.0 Å². The van der Waals surface area contributed by atoms with E-state index in [0.717, 1.165) is 0 Å². The second-order valence-corrected chi connectivity index (χ2v) is 5.14. The van der Waals surface area contributed by atoms with Crippen LogP contribution in [0, 0.1) is 5.92 Å². The standard InChI is InChI=1S/C13H24N2O4/c1-7(2)11(13(18)19-8(3)4)15-12(17)9(5)14-10(6)16/h7-9,11H,1-6H3,(H,14,16)(H,15,17)/t9-,11-/m0/s1. The van der Waals surface area contributed by atoms with Gasteiger partial charge in [-0.25, -0.2) is 4.79 Å². The molecule has 2 N–H and O–H groups in total. The van der Waals surface area contributed by atoms with Crippen LogP contribution < -0.4 is 10.6 Å². The van der Waals surface area contributed by atoms with Crippen LogP contribution in [0.5, 0.6) is 0 Å². The lowest BCUT2D eigenvalue weighted by Gasteiger charge is -2.23. The van der Waals surface area contributed by atoms with E-state index in [1.54, 1.807) is 20.8 Å². The number of carbonyl (C=O) groups is 3. The van der Waals surface area contributed by atoms with E-state index in [1.807, 2.05) is 13.8 Å². The molecule has 0 saturated carbocycles. The Morgan fingerprint density at radius 2 is 1.47 bits per heavy atom. The molecule has 0 spiro atoms. The lowest BCUT2D eigenvalue weighted by atomic mass is 10.0. The second kappa shape index (κ2) is 7.76. The van der Waals surface area contributed by atoms with E-state index >= 15 is 0 Å². The molecule has 2 amide bonds. The Kier molecular flexibility index (Phi) is 7.11. The maximum atomic E-state index is 11.9. The molecule has 0 aliphatic rings. The van der Waals surface area contributed by atoms with Crippen molar-refractivity contribution < 1.29 is 19.1 Å². The number of amides is 2. The largest absolute Gasteiger partial charge is 0.461 e. The summed E-state index contributed by atoms with van der Waals surface area (Å²) >= 11 is 0. The fraction of sp³-hybridized carbons (Fsp3) is 0.769. The molecule has 110 valence electrons. The molecule has 0 aromatic heterocycles. The molecular formula is C13H24N2O4. The van der Waals surface area contributed by atoms with E-state index in [0.29, 0.717) is 0 Å². The Morgan fingerprint density at radius 3 is 1.84 bits per heavy atom. The quantitative estimate of drug-likeness (QED) is 0.694. The van der Waals surface area contributed by atoms with Gasteiger partial charge in [-0.3, -0.25) is 9.59 Å². The van der Waals surface area contributed by atoms with Crippen LogP contribution in [0.3, 0.4) is 0 Å². The molecule has 0 fully saturated rings. The van der Waals surface area contributed by atoms with Crippen LogP contribution in [0.25, 0.3) is 0 Å². The van der Waals surface area contributed by atoms with Crippen molar-refractivity contribution in [1.29, 1.82) is 0 Å². The first-order valence-electron chi connectivity index (χ1n) is 6.43. The lowest BCUT2D eigenvalue weighted by molar-refractivity contribution is -0.153. The highest BCUT2D eigenvalue weighted by atomic mass is 16.5. The number of rotatable bonds is 6. The van der Waals surface area contributed by atoms with E-state index in [1.165, 1.54) is 6.92 Å². The maximum absolute atomic E-state index is 11.9. The third-order valence-electron chi connectivity index (χ3n) is 2.38. The van der Waals surface area contributed by atoms with Crippen molar-refractivity contribution in [3.63, 3.8) is 0 Å². The van der Waals surface area contributed by atoms with E-state index in [9.17, 15) is 14.4 Å². The highest BCUT2D eigenvalue weighted by Gasteiger charge is 2.28. The minimum Gasteiger partial charge on any atom is -0.461 e. The highest BCUT2D eigenvalue weighted by Crippen LogP contribution is 2.06. The van der Waals surface area contributed by atoms with Gasteiger partial charge in [-0.2, -0.15) is 0 Å². The molecule has 6 heteroatoms. The number of hydrogen-bond acceptors (Lipinski definition) is 4. The van der Waals surface area contributed by atoms with Crippen LogP contribution in [0.2, 0.25) is 0 Å². The lowest BCUT2D eigenvalue weighted by Crippen LogP contribution is -2.52. The molecule has 0 aliphatic heterocycles. The summed E-state index contributed by atoms with van der Waals surface area (Å²) in [6.45, 7) is 10.0. The first kappa shape index (κ1) is 17.4. The van der Waals surface area contributed by atoms with Crippen LogP contribution in [0.4, 0.5) is 0 Å². The van der Waals surface area contributed by atoms with Crippen molar-refractivity contribution in [2.24, 2.45) is 5.92 Å². The molecule has 0 bridgehead atoms. The Bertz CT molecular complexity index is 340. The van der Waals surface area contributed by atoms with Gasteiger partial charge in [-0.15, -0.1) is 0 Å². The summed E-state index contributed by atoms with van der Waals surface area (Å²) in [6.07, 6.45) is -0.238. The first-order valence-corrected chi connectivity index (χ1v) is 6.43. The Balaban J connectivity index is 4.62. The van der Waals surface area contributed by atoms with Gasteiger partial charge in [0.1, 0.15) is 12.1 Å². The van der Waals surface area contributed by atoms with E-state index in [2.05, 4.69) is 10.6 Å². The summed E-state index contributed by atoms with van der Waals surface area (Å²) in [5, 5.41) is 5.06. The first-order chi connectivity index (χ1) is 8.65. The zero-order valence-electron chi connectivity index (χ0n) is 12.4. The van der Waals surface area contributed by atoms with Crippen molar-refractivity contribution in [3.05, 3.63) is 0 Å². The van der Waals surface area contributed by atoms with Gasteiger partial charge in [0.05, 0.1) is 6.10 Å². The molecule has 0 aromatic carbocycles. The predicted octanol–water partition coefficient (Wildman–Crippen LogP) is 0.603. The normalized spacial score (nSPS) is 13.9. The van der Waals surface area contributed by atoms with Gasteiger partial charge >= 0.3 is 5.97 Å². The van der Waals surface area contributed by atoms with Gasteiger partial charge in [-0.05, 0) is 26.7 Å². The third kappa shape index (κ3) is 6.79. The summed E-state index contributed by atoms with van der Waals surface area (Å²) in [7, 11) is 0. The summed E-state index contributed by atoms with van der Waals surface area (Å²) in [6, 6.07) is -1.41. The van der Waals surface area contributed by atoms with Crippen molar-refractivity contribution in [3.8, 4) is 0 Å². The zero-order valence-corrected chi connectivity index (χ0v) is 12.4. The molecule has 6 nitrogen and oxygen atoms in total. The van der Waals surface area contributed by atoms with Gasteiger partial charge in [0.25, 0.3) is 0 Å². The third-order valence-corrected chi connectivity index (χ3v) is 2.38. The summed E-state index contributed by atoms with van der Waals surface area (Å²) in [5.74, 6) is -1.27. The Hall–Kier alpha value is -1.59. The molecule has 0 rings (SSSR count). The fourth-order valence-corrected chi connectivity index (χ4v) is 1.45. The van der Waals surface area contributed by atoms with Gasteiger partial charge in [-0.1, -0.05) is 13.8 Å². The molecular weight excluding hydrogens is 248 g/mol. The van der Waals surface area contributed by atoms with Crippen LogP contribution in [-0.4, -0.2) is 36.0 Å². The van der Waals surface area contributed by atoms with Crippen LogP contribution in [0.1, 0.15) is 41.5 Å². The summed E-state index contributed by atoms with van der Waals surface area (Å²) < 4.78 is 5.09. The average Bonchev–Trinajstić information content (AvgIpc) is 2.22. The van der Waals surface area contributed by atoms with Crippen LogP contribution in [-0.2, 0) is 19.1 Å². The molecule has 0 aliphatic carbocycles. The van der Waals surface area contributed by atoms with Gasteiger partial charge in [0.15, 0.2) is 0 Å². The van der Waals surface area contributed by atoms with Crippen LogP contribution in [0.15, 0.2) is 0 Å². The Labute approximate surface area is 114 Å². The van der Waals surface area contributed by atoms with Gasteiger partial charge in [0.2, 0.25) is 11.8 Å². The molecule has 2 atom stereocenters. The van der Waals surface area contributed by atoms with Gasteiger partial charge < -0.3 is 15.4 Å². The molecule has 0 saturated heterocycles. The van der Waals surface area contributed by atoms with E-state index in [-0.39, 0.29) is 17.9 Å². The van der Waals surface area contributed by atoms with Crippen molar-refractivity contribution in [2.45, 2.75) is 59.7 Å². The van der Waals surface area contributed by atoms with Crippen molar-refractivity contribution in [2.75, 3.05) is 0 Å². The zero-order chi connectivity index (χ0) is 15.2. The monoisotopic (exact) mass is 272 g/mol. The number of ether oxygens (including phenoxy) is 1. The summed E-state index contributed by atoms with van der Waals surface area (Å²) in [4.78, 5) is 34.6. The molecule has 0 unspecified atom stereocenters. The number of nitrogens with one attached hydrogen (secondary N) is 2. The average molecular weight is 272 g/mol. The topological polar surface area (TPSA) is 84.5 Å². The maximum Gasteiger partial charge on any atom is 0.329 e. The smallest absolute Gasteiger partial charge is 0.329 e. The number of carbonyl (C=O) groups excluding carboxylic acids is 3. The summed E-state index contributed by atoms with van der Waals surface area (Å²) in [5.41, 5.74) is 0. The molecule has 19 heavy (non-hydrogen) atoms. The Morgan fingerprint density at radius 1 is 0.947 bits per heavy atom. The molecule has 0 radical (unpaired) electrons. The number of hydrogen-bond donors (Lipinski definition) is 2. The fourth-order valence-electron chi connectivity index (χ4n) is 1.45.